The number of carbonyl (C=O) groups is 1. The number of carboxylic acid groups (broad SMARTS) is 1. The normalized spacial score (nSPS) is 12.7. The number of fused-ring (bicyclic) bond motifs is 2. The Labute approximate surface area is 221 Å². The molecule has 0 aliphatic heterocycles. The minimum Gasteiger partial charge on any atom is -0.480 e. The van der Waals surface area contributed by atoms with E-state index < -0.39 is 21.5 Å². The first-order valence-corrected chi connectivity index (χ1v) is 14.6. The summed E-state index contributed by atoms with van der Waals surface area (Å²) >= 11 is 7.44. The largest absolute Gasteiger partial charge is 0.480 e. The molecule has 2 heterocycles. The molecule has 0 saturated heterocycles. The average Bonchev–Trinajstić information content (AvgIpc) is 3.40. The van der Waals surface area contributed by atoms with Crippen molar-refractivity contribution in [3.63, 3.8) is 0 Å². The lowest BCUT2D eigenvalue weighted by Gasteiger charge is -2.23. The van der Waals surface area contributed by atoms with Crippen molar-refractivity contribution >= 4 is 59.9 Å². The highest BCUT2D eigenvalue weighted by Gasteiger charge is 2.30. The topological polar surface area (TPSA) is 79.6 Å². The van der Waals surface area contributed by atoms with E-state index in [1.807, 2.05) is 44.2 Å². The minimum absolute atomic E-state index is 0.386. The van der Waals surface area contributed by atoms with Crippen molar-refractivity contribution in [1.29, 1.82) is 0 Å². The number of carboxylic acids is 1. The molecule has 0 fully saturated rings. The van der Waals surface area contributed by atoms with Crippen LogP contribution in [0.15, 0.2) is 52.9 Å². The van der Waals surface area contributed by atoms with E-state index in [9.17, 15) is 18.3 Å². The SMILES string of the molecule is CCCN(CCCc1ccc2c(ccn2C(C)(C)C(=O)O)c1)S(=O)(=O)c1sc2ccc(Cl)cc2c1C. The molecule has 36 heavy (non-hydrogen) atoms. The number of benzene rings is 2. The number of aliphatic carboxylic acids is 1. The van der Waals surface area contributed by atoms with Crippen LogP contribution in [0.5, 0.6) is 0 Å². The smallest absolute Gasteiger partial charge is 0.329 e. The first kappa shape index (κ1) is 26.7. The fraction of sp³-hybridized carbons (Fsp3) is 0.370. The van der Waals surface area contributed by atoms with Gasteiger partial charge in [-0.15, -0.1) is 11.3 Å². The summed E-state index contributed by atoms with van der Waals surface area (Å²) in [6.07, 6.45) is 3.94. The van der Waals surface area contributed by atoms with E-state index >= 15 is 0 Å². The van der Waals surface area contributed by atoms with Crippen LogP contribution in [-0.2, 0) is 26.8 Å². The van der Waals surface area contributed by atoms with Crippen molar-refractivity contribution in [2.75, 3.05) is 13.1 Å². The highest BCUT2D eigenvalue weighted by molar-refractivity contribution is 7.91. The van der Waals surface area contributed by atoms with Gasteiger partial charge < -0.3 is 9.67 Å². The zero-order valence-corrected chi connectivity index (χ0v) is 23.3. The minimum atomic E-state index is -3.63. The Kier molecular flexibility index (Phi) is 7.53. The van der Waals surface area contributed by atoms with Gasteiger partial charge in [-0.05, 0) is 98.3 Å². The first-order valence-electron chi connectivity index (χ1n) is 12.0. The predicted octanol–water partition coefficient (Wildman–Crippen LogP) is 6.67. The van der Waals surface area contributed by atoms with Crippen molar-refractivity contribution in [2.45, 2.75) is 56.7 Å². The van der Waals surface area contributed by atoms with Gasteiger partial charge in [0.15, 0.2) is 0 Å². The van der Waals surface area contributed by atoms with Gasteiger partial charge in [-0.3, -0.25) is 0 Å². The molecule has 9 heteroatoms. The second kappa shape index (κ2) is 10.2. The van der Waals surface area contributed by atoms with Crippen molar-refractivity contribution in [2.24, 2.45) is 0 Å². The van der Waals surface area contributed by atoms with Gasteiger partial charge in [0.05, 0.1) is 0 Å². The Hall–Kier alpha value is -2.39. The zero-order chi connectivity index (χ0) is 26.3. The third-order valence-electron chi connectivity index (χ3n) is 6.65. The molecule has 0 aliphatic rings. The lowest BCUT2D eigenvalue weighted by atomic mass is 10.0. The van der Waals surface area contributed by atoms with Gasteiger partial charge in [0.25, 0.3) is 10.0 Å². The van der Waals surface area contributed by atoms with Crippen LogP contribution in [-0.4, -0.2) is 41.5 Å². The molecule has 0 aliphatic carbocycles. The Morgan fingerprint density at radius 2 is 1.89 bits per heavy atom. The number of hydrogen-bond acceptors (Lipinski definition) is 4. The van der Waals surface area contributed by atoms with Crippen molar-refractivity contribution < 1.29 is 18.3 Å². The molecule has 192 valence electrons. The zero-order valence-electron chi connectivity index (χ0n) is 20.9. The Morgan fingerprint density at radius 3 is 2.58 bits per heavy atom. The van der Waals surface area contributed by atoms with E-state index in [1.54, 1.807) is 35.0 Å². The number of thiophene rings is 1. The molecule has 4 aromatic rings. The number of nitrogens with zero attached hydrogens (tertiary/aromatic N) is 2. The van der Waals surface area contributed by atoms with Crippen LogP contribution >= 0.6 is 22.9 Å². The van der Waals surface area contributed by atoms with Crippen molar-refractivity contribution in [3.8, 4) is 0 Å². The summed E-state index contributed by atoms with van der Waals surface area (Å²) in [7, 11) is -3.63. The lowest BCUT2D eigenvalue weighted by molar-refractivity contribution is -0.145. The van der Waals surface area contributed by atoms with Gasteiger partial charge in [0, 0.05) is 34.5 Å². The van der Waals surface area contributed by atoms with Gasteiger partial charge in [-0.25, -0.2) is 13.2 Å². The molecule has 6 nitrogen and oxygen atoms in total. The Morgan fingerprint density at radius 1 is 1.14 bits per heavy atom. The molecule has 0 amide bonds. The molecule has 2 aromatic heterocycles. The first-order chi connectivity index (χ1) is 17.0. The number of rotatable bonds is 10. The summed E-state index contributed by atoms with van der Waals surface area (Å²) in [5, 5.41) is 12.0. The maximum atomic E-state index is 13.6. The standard InChI is InChI=1S/C27H31ClN2O4S2/c1-5-13-29(36(33,34)25-18(2)22-17-21(28)9-11-24(22)35-25)14-6-7-19-8-10-23-20(16-19)12-15-30(23)27(3,4)26(31)32/h8-12,15-17H,5-7,13-14H2,1-4H3,(H,31,32). The number of aromatic nitrogens is 1. The van der Waals surface area contributed by atoms with Crippen molar-refractivity contribution in [3.05, 3.63) is 64.8 Å². The fourth-order valence-electron chi connectivity index (χ4n) is 4.53. The second-order valence-electron chi connectivity index (χ2n) is 9.61. The van der Waals surface area contributed by atoms with E-state index in [0.29, 0.717) is 28.7 Å². The van der Waals surface area contributed by atoms with Crippen LogP contribution in [0.4, 0.5) is 0 Å². The number of hydrogen-bond donors (Lipinski definition) is 1. The number of halogens is 1. The molecule has 2 aromatic carbocycles. The molecule has 0 saturated carbocycles. The summed E-state index contributed by atoms with van der Waals surface area (Å²) in [5.74, 6) is -0.890. The van der Waals surface area contributed by atoms with Crippen LogP contribution in [0.3, 0.4) is 0 Å². The molecular weight excluding hydrogens is 516 g/mol. The van der Waals surface area contributed by atoms with Gasteiger partial charge >= 0.3 is 5.97 Å². The fourth-order valence-corrected chi connectivity index (χ4v) is 8.16. The molecule has 0 bridgehead atoms. The van der Waals surface area contributed by atoms with E-state index in [4.69, 9.17) is 11.6 Å². The highest BCUT2D eigenvalue weighted by Crippen LogP contribution is 2.37. The molecule has 4 rings (SSSR count). The average molecular weight is 547 g/mol. The van der Waals surface area contributed by atoms with Gasteiger partial charge in [0.1, 0.15) is 9.75 Å². The molecular formula is C27H31ClN2O4S2. The maximum absolute atomic E-state index is 13.6. The summed E-state index contributed by atoms with van der Waals surface area (Å²) in [6.45, 7) is 8.08. The summed E-state index contributed by atoms with van der Waals surface area (Å²) < 4.78 is 31.9. The Bertz CT molecular complexity index is 1540. The van der Waals surface area contributed by atoms with Crippen LogP contribution in [0.25, 0.3) is 21.0 Å². The van der Waals surface area contributed by atoms with Crippen LogP contribution in [0.2, 0.25) is 5.02 Å². The Balaban J connectivity index is 1.52. The van der Waals surface area contributed by atoms with Crippen LogP contribution in [0.1, 0.15) is 44.7 Å². The van der Waals surface area contributed by atoms with Gasteiger partial charge in [-0.2, -0.15) is 4.31 Å². The third-order valence-corrected chi connectivity index (χ3v) is 10.7. The molecule has 0 unspecified atom stereocenters. The maximum Gasteiger partial charge on any atom is 0.329 e. The second-order valence-corrected chi connectivity index (χ2v) is 13.2. The molecule has 1 N–H and O–H groups in total. The number of sulfonamides is 1. The highest BCUT2D eigenvalue weighted by atomic mass is 35.5. The summed E-state index contributed by atoms with van der Waals surface area (Å²) in [5.41, 5.74) is 1.66. The van der Waals surface area contributed by atoms with E-state index in [0.717, 1.165) is 45.0 Å². The van der Waals surface area contributed by atoms with E-state index in [-0.39, 0.29) is 0 Å². The lowest BCUT2D eigenvalue weighted by Crippen LogP contribution is -2.34. The third kappa shape index (κ3) is 4.92. The number of aryl methyl sites for hydroxylation is 2. The summed E-state index contributed by atoms with van der Waals surface area (Å²) in [6, 6.07) is 13.4. The van der Waals surface area contributed by atoms with Gasteiger partial charge in [-0.1, -0.05) is 24.6 Å². The molecule has 0 radical (unpaired) electrons. The molecule has 0 spiro atoms. The van der Waals surface area contributed by atoms with Gasteiger partial charge in [0.2, 0.25) is 0 Å². The quantitative estimate of drug-likeness (QED) is 0.241. The monoisotopic (exact) mass is 546 g/mol. The van der Waals surface area contributed by atoms with E-state index in [1.165, 1.54) is 11.3 Å². The van der Waals surface area contributed by atoms with E-state index in [2.05, 4.69) is 6.07 Å². The van der Waals surface area contributed by atoms with Crippen LogP contribution in [0, 0.1) is 6.92 Å². The molecule has 0 atom stereocenters. The van der Waals surface area contributed by atoms with Crippen LogP contribution < -0.4 is 0 Å². The summed E-state index contributed by atoms with van der Waals surface area (Å²) in [4.78, 5) is 11.7. The predicted molar refractivity (Wildman–Crippen MR) is 148 cm³/mol. The van der Waals surface area contributed by atoms with Crippen molar-refractivity contribution in [1.82, 2.24) is 8.87 Å².